The number of carbonyl (C=O) groups excluding carboxylic acids is 2. The van der Waals surface area contributed by atoms with Crippen molar-refractivity contribution in [2.75, 3.05) is 5.32 Å². The molecule has 0 atom stereocenters. The van der Waals surface area contributed by atoms with Crippen molar-refractivity contribution in [2.45, 2.75) is 33.3 Å². The minimum absolute atomic E-state index is 0.504. The first-order valence-electron chi connectivity index (χ1n) is 5.37. The second-order valence-electron chi connectivity index (χ2n) is 4.82. The molecule has 0 fully saturated rings. The van der Waals surface area contributed by atoms with Crippen LogP contribution >= 0.6 is 0 Å². The molecular formula is C13H17NO3. The smallest absolute Gasteiger partial charge is 0.412 e. The minimum Gasteiger partial charge on any atom is -0.444 e. The van der Waals surface area contributed by atoms with Gasteiger partial charge in [0.1, 0.15) is 11.9 Å². The molecule has 17 heavy (non-hydrogen) atoms. The van der Waals surface area contributed by atoms with E-state index < -0.39 is 11.7 Å². The van der Waals surface area contributed by atoms with E-state index in [-0.39, 0.29) is 0 Å². The Labute approximate surface area is 101 Å². The fourth-order valence-electron chi connectivity index (χ4n) is 1.31. The number of nitrogens with one attached hydrogen (secondary N) is 1. The van der Waals surface area contributed by atoms with E-state index >= 15 is 0 Å². The summed E-state index contributed by atoms with van der Waals surface area (Å²) in [7, 11) is 0. The topological polar surface area (TPSA) is 55.4 Å². The highest BCUT2D eigenvalue weighted by molar-refractivity contribution is 5.86. The Kier molecular flexibility index (Phi) is 3.89. The summed E-state index contributed by atoms with van der Waals surface area (Å²) in [5, 5.41) is 2.61. The second-order valence-corrected chi connectivity index (χ2v) is 4.82. The molecule has 0 saturated carbocycles. The largest absolute Gasteiger partial charge is 0.444 e. The van der Waals surface area contributed by atoms with Gasteiger partial charge in [-0.15, -0.1) is 0 Å². The Bertz CT molecular complexity index is 433. The molecule has 1 rings (SSSR count). The molecule has 1 aromatic rings. The Morgan fingerprint density at radius 1 is 1.35 bits per heavy atom. The first kappa shape index (κ1) is 13.2. The van der Waals surface area contributed by atoms with Crippen molar-refractivity contribution in [1.82, 2.24) is 0 Å². The third kappa shape index (κ3) is 4.26. The molecule has 0 spiro atoms. The number of hydrogen-bond acceptors (Lipinski definition) is 3. The third-order valence-electron chi connectivity index (χ3n) is 2.04. The molecule has 0 bridgehead atoms. The van der Waals surface area contributed by atoms with Crippen molar-refractivity contribution in [3.63, 3.8) is 0 Å². The summed E-state index contributed by atoms with van der Waals surface area (Å²) in [5.41, 5.74) is 1.51. The number of amides is 1. The maximum Gasteiger partial charge on any atom is 0.412 e. The van der Waals surface area contributed by atoms with Gasteiger partial charge in [-0.1, -0.05) is 0 Å². The maximum absolute atomic E-state index is 11.5. The number of rotatable bonds is 2. The van der Waals surface area contributed by atoms with Crippen LogP contribution in [0, 0.1) is 6.92 Å². The number of aryl methyl sites for hydroxylation is 1. The second kappa shape index (κ2) is 4.99. The van der Waals surface area contributed by atoms with Crippen LogP contribution < -0.4 is 5.32 Å². The van der Waals surface area contributed by atoms with E-state index in [1.54, 1.807) is 39.0 Å². The van der Waals surface area contributed by atoms with Crippen LogP contribution in [0.15, 0.2) is 18.2 Å². The van der Waals surface area contributed by atoms with Crippen molar-refractivity contribution < 1.29 is 14.3 Å². The van der Waals surface area contributed by atoms with Gasteiger partial charge < -0.3 is 4.74 Å². The monoisotopic (exact) mass is 235 g/mol. The van der Waals surface area contributed by atoms with Crippen molar-refractivity contribution >= 4 is 18.1 Å². The van der Waals surface area contributed by atoms with Crippen LogP contribution in [-0.2, 0) is 4.74 Å². The first-order valence-corrected chi connectivity index (χ1v) is 5.37. The highest BCUT2D eigenvalue weighted by Crippen LogP contribution is 2.15. The van der Waals surface area contributed by atoms with Crippen LogP contribution in [-0.4, -0.2) is 18.0 Å². The zero-order valence-electron chi connectivity index (χ0n) is 10.5. The molecule has 0 aliphatic carbocycles. The highest BCUT2D eigenvalue weighted by Gasteiger charge is 2.16. The fourth-order valence-corrected chi connectivity index (χ4v) is 1.31. The maximum atomic E-state index is 11.5. The van der Waals surface area contributed by atoms with Crippen LogP contribution in [0.5, 0.6) is 0 Å². The lowest BCUT2D eigenvalue weighted by molar-refractivity contribution is 0.0636. The van der Waals surface area contributed by atoms with E-state index in [0.717, 1.165) is 11.8 Å². The average Bonchev–Trinajstić information content (AvgIpc) is 2.14. The van der Waals surface area contributed by atoms with Crippen molar-refractivity contribution in [3.05, 3.63) is 29.3 Å². The predicted molar refractivity (Wildman–Crippen MR) is 66.4 cm³/mol. The van der Waals surface area contributed by atoms with Crippen LogP contribution in [0.25, 0.3) is 0 Å². The molecule has 0 aliphatic rings. The summed E-state index contributed by atoms with van der Waals surface area (Å²) in [6, 6.07) is 5.06. The molecule has 92 valence electrons. The molecule has 4 nitrogen and oxygen atoms in total. The quantitative estimate of drug-likeness (QED) is 0.801. The predicted octanol–water partition coefficient (Wildman–Crippen LogP) is 3.15. The van der Waals surface area contributed by atoms with Gasteiger partial charge in [0.15, 0.2) is 0 Å². The minimum atomic E-state index is -0.526. The molecule has 1 amide bonds. The highest BCUT2D eigenvalue weighted by atomic mass is 16.6. The number of hydrogen-bond donors (Lipinski definition) is 1. The summed E-state index contributed by atoms with van der Waals surface area (Å²) in [6.07, 6.45) is 0.280. The standard InChI is InChI=1S/C13H17NO3/c1-9-7-11(6-5-10(9)8-15)14-12(16)17-13(2,3)4/h5-8H,1-4H3,(H,14,16). The first-order chi connectivity index (χ1) is 7.81. The number of anilines is 1. The normalized spacial score (nSPS) is 10.8. The Hall–Kier alpha value is -1.84. The zero-order chi connectivity index (χ0) is 13.1. The molecule has 0 saturated heterocycles. The summed E-state index contributed by atoms with van der Waals surface area (Å²) in [4.78, 5) is 22.1. The summed E-state index contributed by atoms with van der Waals surface area (Å²) < 4.78 is 5.12. The van der Waals surface area contributed by atoms with Crippen LogP contribution in [0.2, 0.25) is 0 Å². The van der Waals surface area contributed by atoms with Gasteiger partial charge in [0.25, 0.3) is 0 Å². The van der Waals surface area contributed by atoms with Crippen molar-refractivity contribution in [3.8, 4) is 0 Å². The van der Waals surface area contributed by atoms with Crippen LogP contribution in [0.1, 0.15) is 36.7 Å². The lowest BCUT2D eigenvalue weighted by atomic mass is 10.1. The number of ether oxygens (including phenoxy) is 1. The number of benzene rings is 1. The van der Waals surface area contributed by atoms with E-state index in [0.29, 0.717) is 11.3 Å². The van der Waals surface area contributed by atoms with E-state index in [4.69, 9.17) is 4.74 Å². The van der Waals surface area contributed by atoms with Crippen LogP contribution in [0.3, 0.4) is 0 Å². The van der Waals surface area contributed by atoms with Crippen LogP contribution in [0.4, 0.5) is 10.5 Å². The zero-order valence-corrected chi connectivity index (χ0v) is 10.5. The number of aldehydes is 1. The van der Waals surface area contributed by atoms with E-state index in [2.05, 4.69) is 5.32 Å². The molecular weight excluding hydrogens is 218 g/mol. The van der Waals surface area contributed by atoms with Crippen molar-refractivity contribution in [2.24, 2.45) is 0 Å². The van der Waals surface area contributed by atoms with Gasteiger partial charge in [-0.3, -0.25) is 10.1 Å². The Morgan fingerprint density at radius 3 is 2.47 bits per heavy atom. The molecule has 1 N–H and O–H groups in total. The summed E-state index contributed by atoms with van der Waals surface area (Å²) in [6.45, 7) is 7.21. The van der Waals surface area contributed by atoms with Gasteiger partial charge in [-0.05, 0) is 51.5 Å². The van der Waals surface area contributed by atoms with Gasteiger partial charge >= 0.3 is 6.09 Å². The summed E-state index contributed by atoms with van der Waals surface area (Å²) in [5.74, 6) is 0. The van der Waals surface area contributed by atoms with Gasteiger partial charge in [0, 0.05) is 11.3 Å². The Morgan fingerprint density at radius 2 is 2.00 bits per heavy atom. The molecule has 0 heterocycles. The fraction of sp³-hybridized carbons (Fsp3) is 0.385. The molecule has 4 heteroatoms. The van der Waals surface area contributed by atoms with Crippen molar-refractivity contribution in [1.29, 1.82) is 0 Å². The average molecular weight is 235 g/mol. The van der Waals surface area contributed by atoms with E-state index in [9.17, 15) is 9.59 Å². The van der Waals surface area contributed by atoms with Gasteiger partial charge in [-0.25, -0.2) is 4.79 Å². The Balaban J connectivity index is 2.73. The molecule has 1 aromatic carbocycles. The van der Waals surface area contributed by atoms with Gasteiger partial charge in [0.2, 0.25) is 0 Å². The number of carbonyl (C=O) groups is 2. The molecule has 0 aliphatic heterocycles. The lowest BCUT2D eigenvalue weighted by Gasteiger charge is -2.19. The van der Waals surface area contributed by atoms with E-state index in [1.807, 2.05) is 6.92 Å². The molecule has 0 aromatic heterocycles. The van der Waals surface area contributed by atoms with Gasteiger partial charge in [-0.2, -0.15) is 0 Å². The molecule has 0 radical (unpaired) electrons. The van der Waals surface area contributed by atoms with Gasteiger partial charge in [0.05, 0.1) is 0 Å². The SMILES string of the molecule is Cc1cc(NC(=O)OC(C)(C)C)ccc1C=O. The molecule has 0 unspecified atom stereocenters. The van der Waals surface area contributed by atoms with E-state index in [1.165, 1.54) is 0 Å². The third-order valence-corrected chi connectivity index (χ3v) is 2.04. The summed E-state index contributed by atoms with van der Waals surface area (Å²) >= 11 is 0. The lowest BCUT2D eigenvalue weighted by Crippen LogP contribution is -2.27.